The van der Waals surface area contributed by atoms with Crippen molar-refractivity contribution in [3.05, 3.63) is 30.1 Å². The van der Waals surface area contributed by atoms with E-state index in [1.807, 2.05) is 0 Å². The Morgan fingerprint density at radius 3 is 2.83 bits per heavy atom. The highest BCUT2D eigenvalue weighted by Crippen LogP contribution is 2.38. The first kappa shape index (κ1) is 18.0. The van der Waals surface area contributed by atoms with E-state index in [4.69, 9.17) is 10.5 Å². The van der Waals surface area contributed by atoms with Crippen molar-refractivity contribution in [2.24, 2.45) is 5.73 Å². The van der Waals surface area contributed by atoms with E-state index in [1.165, 1.54) is 29.1 Å². The van der Waals surface area contributed by atoms with Crippen LogP contribution in [0.2, 0.25) is 0 Å². The fourth-order valence-electron chi connectivity index (χ4n) is 2.13. The molecule has 0 aromatic carbocycles. The number of ether oxygens (including phenoxy) is 1. The molecule has 1 aliphatic rings. The number of aliphatic hydroxyl groups excluding tert-OH is 2. The predicted molar refractivity (Wildman–Crippen MR) is 71.6 cm³/mol. The Labute approximate surface area is 131 Å². The van der Waals surface area contributed by atoms with Gasteiger partial charge in [0.15, 0.2) is 18.5 Å². The highest BCUT2D eigenvalue weighted by molar-refractivity contribution is 7.45. The van der Waals surface area contributed by atoms with E-state index in [9.17, 15) is 24.5 Å². The number of pyridine rings is 1. The van der Waals surface area contributed by atoms with Crippen molar-refractivity contribution in [1.29, 1.82) is 0 Å². The molecule has 11 heteroatoms. The molecular weight excluding hydrogens is 331 g/mol. The third-order valence-corrected chi connectivity index (χ3v) is 4.27. The maximum atomic E-state index is 11.2. The van der Waals surface area contributed by atoms with Gasteiger partial charge in [0.05, 0.1) is 6.61 Å². The number of amides is 1. The molecule has 0 spiro atoms. The maximum absolute atomic E-state index is 11.2. The van der Waals surface area contributed by atoms with Crippen LogP contribution in [-0.4, -0.2) is 48.1 Å². The number of rotatable bonds is 6. The number of aromatic nitrogens is 1. The molecule has 10 nitrogen and oxygen atoms in total. The molecule has 1 aromatic heterocycles. The van der Waals surface area contributed by atoms with Crippen LogP contribution in [0.1, 0.15) is 16.6 Å². The van der Waals surface area contributed by atoms with Gasteiger partial charge in [-0.3, -0.25) is 9.36 Å². The van der Waals surface area contributed by atoms with E-state index < -0.39 is 44.9 Å². The van der Waals surface area contributed by atoms with E-state index in [0.717, 1.165) is 7.11 Å². The molecule has 128 valence electrons. The van der Waals surface area contributed by atoms with Crippen LogP contribution < -0.4 is 15.2 Å². The largest absolute Gasteiger partial charge is 0.756 e. The van der Waals surface area contributed by atoms with Crippen LogP contribution in [0.25, 0.3) is 0 Å². The highest BCUT2D eigenvalue weighted by Gasteiger charge is 2.48. The number of nitrogens with two attached hydrogens (primary N) is 1. The minimum absolute atomic E-state index is 0.181. The summed E-state index contributed by atoms with van der Waals surface area (Å²) in [6, 6.07) is 2.99. The third-order valence-electron chi connectivity index (χ3n) is 3.36. The van der Waals surface area contributed by atoms with E-state index in [1.54, 1.807) is 0 Å². The number of nitrogens with zero attached hydrogens (tertiary/aromatic N) is 1. The summed E-state index contributed by atoms with van der Waals surface area (Å²) in [4.78, 5) is 22.3. The minimum atomic E-state index is -4.48. The van der Waals surface area contributed by atoms with Gasteiger partial charge in [0.2, 0.25) is 0 Å². The van der Waals surface area contributed by atoms with E-state index in [0.29, 0.717) is 0 Å². The summed E-state index contributed by atoms with van der Waals surface area (Å²) in [6.45, 7) is -0.528. The molecule has 0 radical (unpaired) electrons. The zero-order valence-corrected chi connectivity index (χ0v) is 13.0. The van der Waals surface area contributed by atoms with Crippen molar-refractivity contribution in [3.63, 3.8) is 0 Å². The first-order chi connectivity index (χ1) is 10.7. The summed E-state index contributed by atoms with van der Waals surface area (Å²) in [5.74, 6) is -0.667. The smallest absolute Gasteiger partial charge is 0.292 e. The molecule has 4 N–H and O–H groups in total. The van der Waals surface area contributed by atoms with Gasteiger partial charge in [-0.1, -0.05) is 0 Å². The fourth-order valence-corrected chi connectivity index (χ4v) is 2.56. The zero-order chi connectivity index (χ0) is 17.2. The van der Waals surface area contributed by atoms with Gasteiger partial charge in [-0.25, -0.2) is 0 Å². The molecule has 1 unspecified atom stereocenters. The van der Waals surface area contributed by atoms with Gasteiger partial charge in [-0.05, 0) is 6.07 Å². The minimum Gasteiger partial charge on any atom is -0.756 e. The highest BCUT2D eigenvalue weighted by atomic mass is 31.2. The summed E-state index contributed by atoms with van der Waals surface area (Å²) in [5, 5.41) is 20.0. The van der Waals surface area contributed by atoms with Crippen molar-refractivity contribution in [2.45, 2.75) is 24.5 Å². The molecule has 1 aliphatic heterocycles. The van der Waals surface area contributed by atoms with Crippen LogP contribution in [0, 0.1) is 0 Å². The average molecular weight is 348 g/mol. The van der Waals surface area contributed by atoms with Crippen molar-refractivity contribution < 1.29 is 42.8 Å². The van der Waals surface area contributed by atoms with Gasteiger partial charge >= 0.3 is 0 Å². The van der Waals surface area contributed by atoms with Gasteiger partial charge in [0.1, 0.15) is 17.8 Å². The summed E-state index contributed by atoms with van der Waals surface area (Å²) >= 11 is 0. The monoisotopic (exact) mass is 348 g/mol. The quantitative estimate of drug-likeness (QED) is 0.387. The molecule has 5 atom stereocenters. The molecule has 1 aromatic rings. The number of phosphoric acid groups is 1. The van der Waals surface area contributed by atoms with Gasteiger partial charge in [-0.15, -0.1) is 0 Å². The summed E-state index contributed by atoms with van der Waals surface area (Å²) < 4.78 is 26.6. The van der Waals surface area contributed by atoms with Crippen LogP contribution in [0.15, 0.2) is 24.5 Å². The topological polar surface area (TPSA) is 155 Å². The van der Waals surface area contributed by atoms with Crippen LogP contribution in [0.4, 0.5) is 0 Å². The second kappa shape index (κ2) is 7.02. The molecule has 0 saturated carbocycles. The first-order valence-electron chi connectivity index (χ1n) is 6.58. The lowest BCUT2D eigenvalue weighted by Gasteiger charge is -2.22. The molecule has 0 aliphatic carbocycles. The second-order valence-corrected chi connectivity index (χ2v) is 6.39. The van der Waals surface area contributed by atoms with Crippen LogP contribution in [0.5, 0.6) is 0 Å². The number of primary amides is 1. The van der Waals surface area contributed by atoms with Crippen molar-refractivity contribution in [1.82, 2.24) is 0 Å². The Balaban J connectivity index is 2.12. The van der Waals surface area contributed by atoms with Crippen molar-refractivity contribution in [3.8, 4) is 0 Å². The molecule has 2 rings (SSSR count). The normalized spacial score (nSPS) is 30.1. The van der Waals surface area contributed by atoms with E-state index >= 15 is 0 Å². The Hall–Kier alpha value is -1.39. The van der Waals surface area contributed by atoms with Crippen molar-refractivity contribution in [2.75, 3.05) is 13.7 Å². The van der Waals surface area contributed by atoms with Crippen LogP contribution in [-0.2, 0) is 18.3 Å². The Morgan fingerprint density at radius 1 is 1.52 bits per heavy atom. The molecule has 23 heavy (non-hydrogen) atoms. The zero-order valence-electron chi connectivity index (χ0n) is 12.1. The molecule has 0 bridgehead atoms. The molecule has 1 saturated heterocycles. The number of aliphatic hydroxyl groups is 2. The lowest BCUT2D eigenvalue weighted by Crippen LogP contribution is -2.46. The predicted octanol–water partition coefficient (Wildman–Crippen LogP) is -2.18. The van der Waals surface area contributed by atoms with E-state index in [-0.39, 0.29) is 5.56 Å². The Bertz CT molecular complexity index is 627. The van der Waals surface area contributed by atoms with Gasteiger partial charge in [-0.2, -0.15) is 4.57 Å². The SMILES string of the molecule is COP(=O)([O-])OC[C@H]1O[C@@H]([n+]2cccc(C(N)=O)c2)[C@H](O)[C@@H]1O. The van der Waals surface area contributed by atoms with Crippen LogP contribution in [0.3, 0.4) is 0 Å². The number of carbonyl (C=O) groups is 1. The lowest BCUT2D eigenvalue weighted by molar-refractivity contribution is -0.765. The van der Waals surface area contributed by atoms with E-state index in [2.05, 4.69) is 9.05 Å². The number of phosphoric ester groups is 1. The summed E-state index contributed by atoms with van der Waals surface area (Å²) in [6.07, 6.45) is -2.03. The average Bonchev–Trinajstić information content (AvgIpc) is 2.81. The van der Waals surface area contributed by atoms with Gasteiger partial charge in [0.25, 0.3) is 20.0 Å². The Kier molecular flexibility index (Phi) is 5.48. The molecule has 1 amide bonds. The van der Waals surface area contributed by atoms with Crippen LogP contribution >= 0.6 is 7.82 Å². The Morgan fingerprint density at radius 2 is 2.22 bits per heavy atom. The van der Waals surface area contributed by atoms with Gasteiger partial charge < -0.3 is 34.6 Å². The lowest BCUT2D eigenvalue weighted by atomic mass is 10.1. The summed E-state index contributed by atoms with van der Waals surface area (Å²) in [7, 11) is -3.54. The van der Waals surface area contributed by atoms with Crippen molar-refractivity contribution >= 4 is 13.7 Å². The number of hydrogen-bond acceptors (Lipinski definition) is 8. The maximum Gasteiger partial charge on any atom is 0.292 e. The fraction of sp³-hybridized carbons (Fsp3) is 0.500. The number of carbonyl (C=O) groups excluding carboxylic acids is 1. The third kappa shape index (κ3) is 4.12. The molecule has 2 heterocycles. The summed E-state index contributed by atoms with van der Waals surface area (Å²) in [5.41, 5.74) is 5.36. The molecule has 1 fully saturated rings. The number of hydrogen-bond donors (Lipinski definition) is 3. The standard InChI is InChI=1S/C12H17N2O8P/c1-20-23(18,19)21-6-8-9(15)10(16)12(22-8)14-4-2-3-7(5-14)11(13)17/h2-5,8-10,12,15-16H,6H2,1H3,(H2-,13,17,18,19)/t8-,9-,10-,12-/m1/s1. The first-order valence-corrected chi connectivity index (χ1v) is 8.05. The second-order valence-electron chi connectivity index (χ2n) is 4.88. The molecular formula is C12H17N2O8P. The van der Waals surface area contributed by atoms with Gasteiger partial charge in [0, 0.05) is 13.2 Å².